The van der Waals surface area contributed by atoms with E-state index in [-0.39, 0.29) is 49.0 Å². The van der Waals surface area contributed by atoms with E-state index in [1.54, 1.807) is 6.92 Å². The first-order chi connectivity index (χ1) is 15.7. The van der Waals surface area contributed by atoms with E-state index in [1.165, 1.54) is 24.3 Å². The predicted molar refractivity (Wildman–Crippen MR) is 123 cm³/mol. The number of Topliss-reactive ketones (excluding diaryl/α,β-unsaturated/α-hetero) is 1. The van der Waals surface area contributed by atoms with Crippen LogP contribution in [-0.2, 0) is 14.3 Å². The summed E-state index contributed by atoms with van der Waals surface area (Å²) in [5.41, 5.74) is 3.56. The number of amides is 1. The number of hydrogen-bond acceptors (Lipinski definition) is 4. The van der Waals surface area contributed by atoms with Crippen LogP contribution in [-0.4, -0.2) is 61.5 Å². The number of carbonyl (C=O) groups is 3. The van der Waals surface area contributed by atoms with Crippen LogP contribution in [0.4, 0.5) is 10.1 Å². The fourth-order valence-electron chi connectivity index (χ4n) is 5.31. The number of anilines is 1. The molecule has 0 saturated carbocycles. The minimum absolute atomic E-state index is 0.0225. The number of esters is 1. The highest BCUT2D eigenvalue weighted by Crippen LogP contribution is 2.46. The van der Waals surface area contributed by atoms with Gasteiger partial charge >= 0.3 is 5.97 Å². The number of ketones is 1. The second-order valence-corrected chi connectivity index (χ2v) is 9.41. The maximum absolute atomic E-state index is 13.5. The lowest BCUT2D eigenvalue weighted by molar-refractivity contribution is -0.907. The molecule has 0 bridgehead atoms. The third-order valence-electron chi connectivity index (χ3n) is 6.76. The van der Waals surface area contributed by atoms with Gasteiger partial charge in [-0.15, -0.1) is 0 Å². The van der Waals surface area contributed by atoms with Crippen LogP contribution in [0.1, 0.15) is 47.2 Å². The van der Waals surface area contributed by atoms with Crippen LogP contribution in [0.5, 0.6) is 0 Å². The van der Waals surface area contributed by atoms with E-state index < -0.39 is 5.97 Å². The molecule has 2 aromatic carbocycles. The van der Waals surface area contributed by atoms with E-state index in [0.717, 1.165) is 29.8 Å². The van der Waals surface area contributed by atoms with Crippen molar-refractivity contribution >= 4 is 23.3 Å². The van der Waals surface area contributed by atoms with Crippen molar-refractivity contribution in [2.75, 3.05) is 38.2 Å². The number of aryl methyl sites for hydroxylation is 1. The molecule has 1 amide bonds. The van der Waals surface area contributed by atoms with E-state index >= 15 is 0 Å². The molecule has 33 heavy (non-hydrogen) atoms. The number of rotatable bonds is 6. The molecule has 0 spiro atoms. The van der Waals surface area contributed by atoms with Crippen LogP contribution in [0.3, 0.4) is 0 Å². The minimum atomic E-state index is -0.484. The molecule has 0 radical (unpaired) electrons. The number of ether oxygens (including phenoxy) is 1. The van der Waals surface area contributed by atoms with E-state index in [4.69, 9.17) is 4.74 Å². The van der Waals surface area contributed by atoms with Crippen LogP contribution in [0, 0.1) is 12.7 Å². The summed E-state index contributed by atoms with van der Waals surface area (Å²) in [6, 6.07) is 11.7. The van der Waals surface area contributed by atoms with Gasteiger partial charge in [0.05, 0.1) is 38.7 Å². The Balaban J connectivity index is 1.59. The topological polar surface area (TPSA) is 63.7 Å². The lowest BCUT2D eigenvalue weighted by atomic mass is 9.87. The van der Waals surface area contributed by atoms with Gasteiger partial charge in [-0.1, -0.05) is 17.7 Å². The van der Waals surface area contributed by atoms with E-state index in [2.05, 4.69) is 6.07 Å². The maximum Gasteiger partial charge on any atom is 0.313 e. The summed E-state index contributed by atoms with van der Waals surface area (Å²) in [6.45, 7) is 5.68. The first kappa shape index (κ1) is 23.1. The van der Waals surface area contributed by atoms with E-state index in [9.17, 15) is 18.8 Å². The molecule has 3 atom stereocenters. The molecular weight excluding hydrogens is 423 g/mol. The number of likely N-dealkylation sites (N-methyl/N-ethyl adjacent to an activating group) is 1. The van der Waals surface area contributed by atoms with Crippen LogP contribution in [0.25, 0.3) is 0 Å². The Labute approximate surface area is 193 Å². The molecule has 7 heteroatoms. The van der Waals surface area contributed by atoms with Gasteiger partial charge < -0.3 is 14.1 Å². The van der Waals surface area contributed by atoms with Crippen LogP contribution in [0.2, 0.25) is 0 Å². The number of nitrogens with zero attached hydrogens (tertiary/aromatic N) is 2. The quantitative estimate of drug-likeness (QED) is 0.381. The Kier molecular flexibility index (Phi) is 6.34. The highest BCUT2D eigenvalue weighted by atomic mass is 19.1. The number of carbonyl (C=O) groups excluding carboxylic acids is 3. The zero-order valence-corrected chi connectivity index (χ0v) is 19.3. The average Bonchev–Trinajstić information content (AvgIpc) is 3.06. The average molecular weight is 454 g/mol. The normalized spacial score (nSPS) is 23.6. The highest BCUT2D eigenvalue weighted by Gasteiger charge is 2.49. The fraction of sp³-hybridized carbons (Fsp3) is 0.423. The summed E-state index contributed by atoms with van der Waals surface area (Å²) in [5, 5.41) is 0. The third-order valence-corrected chi connectivity index (χ3v) is 6.76. The molecule has 2 aliphatic heterocycles. The molecule has 2 aliphatic rings. The number of quaternary nitrogens is 1. The van der Waals surface area contributed by atoms with Crippen molar-refractivity contribution in [1.29, 1.82) is 0 Å². The number of fused-ring (bicyclic) bond motifs is 3. The number of likely N-dealkylation sites (tertiary alicyclic amines) is 1. The van der Waals surface area contributed by atoms with Crippen molar-refractivity contribution in [1.82, 2.24) is 0 Å². The van der Waals surface area contributed by atoms with Crippen LogP contribution < -0.4 is 4.90 Å². The maximum atomic E-state index is 13.5. The standard InChI is InChI=1S/C26H30FN2O4/c1-4-33-25(31)14-20(30)15-29(3)12-11-24-22(16-29)21-13-17(2)5-10-23(21)28(24)26(32)18-6-8-19(27)9-7-18/h5-10,13,22,24H,4,11-12,14-16H2,1-3H3/q+1. The number of hydrogen-bond donors (Lipinski definition) is 0. The van der Waals surface area contributed by atoms with E-state index in [1.807, 2.05) is 31.0 Å². The molecule has 3 unspecified atom stereocenters. The summed E-state index contributed by atoms with van der Waals surface area (Å²) >= 11 is 0. The predicted octanol–water partition coefficient (Wildman–Crippen LogP) is 3.62. The molecule has 0 aromatic heterocycles. The first-order valence-electron chi connectivity index (χ1n) is 11.4. The molecule has 0 aliphatic carbocycles. The van der Waals surface area contributed by atoms with Gasteiger partial charge in [-0.25, -0.2) is 4.39 Å². The van der Waals surface area contributed by atoms with Gasteiger partial charge in [-0.05, 0) is 49.7 Å². The Morgan fingerprint density at radius 3 is 2.58 bits per heavy atom. The molecule has 0 N–H and O–H groups in total. The SMILES string of the molecule is CCOC(=O)CC(=O)C[N+]1(C)CCC2C(C1)c1cc(C)ccc1N2C(=O)c1ccc(F)cc1. The van der Waals surface area contributed by atoms with E-state index in [0.29, 0.717) is 16.6 Å². The van der Waals surface area contributed by atoms with Gasteiger partial charge in [-0.3, -0.25) is 14.4 Å². The molecule has 1 saturated heterocycles. The van der Waals surface area contributed by atoms with Gasteiger partial charge in [-0.2, -0.15) is 0 Å². The second kappa shape index (κ2) is 9.06. The Hall–Kier alpha value is -3.06. The van der Waals surface area contributed by atoms with Crippen molar-refractivity contribution in [3.8, 4) is 0 Å². The molecule has 6 nitrogen and oxygen atoms in total. The molecule has 1 fully saturated rings. The molecule has 4 rings (SSSR count). The molecule has 2 heterocycles. The number of benzene rings is 2. The van der Waals surface area contributed by atoms with Gasteiger partial charge in [0.15, 0.2) is 5.78 Å². The molecule has 174 valence electrons. The Bertz CT molecular complexity index is 1080. The van der Waals surface area contributed by atoms with Gasteiger partial charge in [0.2, 0.25) is 0 Å². The zero-order valence-electron chi connectivity index (χ0n) is 19.3. The summed E-state index contributed by atoms with van der Waals surface area (Å²) in [6.07, 6.45) is 0.523. The summed E-state index contributed by atoms with van der Waals surface area (Å²) < 4.78 is 18.8. The van der Waals surface area contributed by atoms with Crippen LogP contribution in [0.15, 0.2) is 42.5 Å². The first-order valence-corrected chi connectivity index (χ1v) is 11.4. The Morgan fingerprint density at radius 2 is 1.88 bits per heavy atom. The smallest absolute Gasteiger partial charge is 0.313 e. The molecule has 2 aromatic rings. The van der Waals surface area contributed by atoms with Crippen LogP contribution >= 0.6 is 0 Å². The number of halogens is 1. The van der Waals surface area contributed by atoms with Crippen molar-refractivity contribution in [3.63, 3.8) is 0 Å². The Morgan fingerprint density at radius 1 is 1.15 bits per heavy atom. The summed E-state index contributed by atoms with van der Waals surface area (Å²) in [7, 11) is 2.04. The zero-order chi connectivity index (χ0) is 23.8. The van der Waals surface area contributed by atoms with Crippen molar-refractivity contribution < 1.29 is 28.0 Å². The second-order valence-electron chi connectivity index (χ2n) is 9.41. The fourth-order valence-corrected chi connectivity index (χ4v) is 5.31. The van der Waals surface area contributed by atoms with Crippen molar-refractivity contribution in [3.05, 3.63) is 65.0 Å². The van der Waals surface area contributed by atoms with Gasteiger partial charge in [0.25, 0.3) is 5.91 Å². The van der Waals surface area contributed by atoms with Gasteiger partial charge in [0, 0.05) is 17.7 Å². The monoisotopic (exact) mass is 453 g/mol. The minimum Gasteiger partial charge on any atom is -0.466 e. The van der Waals surface area contributed by atoms with Gasteiger partial charge in [0.1, 0.15) is 18.8 Å². The highest BCUT2D eigenvalue weighted by molar-refractivity contribution is 6.08. The van der Waals surface area contributed by atoms with Crippen molar-refractivity contribution in [2.24, 2.45) is 0 Å². The largest absolute Gasteiger partial charge is 0.466 e. The molecular formula is C26H30FN2O4+. The third kappa shape index (κ3) is 4.69. The summed E-state index contributed by atoms with van der Waals surface area (Å²) in [5.74, 6) is -1.04. The van der Waals surface area contributed by atoms with Crippen molar-refractivity contribution in [2.45, 2.75) is 38.6 Å². The lowest BCUT2D eigenvalue weighted by Gasteiger charge is -2.44. The number of piperidine rings is 1. The lowest BCUT2D eigenvalue weighted by Crippen LogP contribution is -2.58. The summed E-state index contributed by atoms with van der Waals surface area (Å²) in [4.78, 5) is 39.6.